The van der Waals surface area contributed by atoms with Crippen LogP contribution < -0.4 is 10.1 Å². The SMILES string of the molecule is CCC(CC)n1c(COc2ccccc2Cl)nnc1SC(C)C(=O)Nc1ccccc1Cl. The van der Waals surface area contributed by atoms with Crippen molar-refractivity contribution >= 4 is 46.6 Å². The first kappa shape index (κ1) is 24.4. The predicted octanol–water partition coefficient (Wildman–Crippen LogP) is 6.64. The maximum atomic E-state index is 12.8. The number of carbonyl (C=O) groups is 1. The number of amides is 1. The fraction of sp³-hybridized carbons (Fsp3) is 0.348. The summed E-state index contributed by atoms with van der Waals surface area (Å²) in [4.78, 5) is 12.8. The van der Waals surface area contributed by atoms with Gasteiger partial charge in [0.2, 0.25) is 5.91 Å². The first-order valence-corrected chi connectivity index (χ1v) is 12.1. The predicted molar refractivity (Wildman–Crippen MR) is 131 cm³/mol. The summed E-state index contributed by atoms with van der Waals surface area (Å²) in [7, 11) is 0. The molecule has 1 unspecified atom stereocenters. The molecule has 1 aromatic heterocycles. The molecule has 3 rings (SSSR count). The van der Waals surface area contributed by atoms with Crippen LogP contribution in [0.1, 0.15) is 45.5 Å². The van der Waals surface area contributed by atoms with Crippen LogP contribution in [-0.2, 0) is 11.4 Å². The highest BCUT2D eigenvalue weighted by atomic mass is 35.5. The first-order chi connectivity index (χ1) is 15.4. The van der Waals surface area contributed by atoms with Crippen LogP contribution in [0, 0.1) is 0 Å². The van der Waals surface area contributed by atoms with Crippen LogP contribution in [0.25, 0.3) is 0 Å². The van der Waals surface area contributed by atoms with Crippen molar-refractivity contribution in [2.45, 2.75) is 56.7 Å². The highest BCUT2D eigenvalue weighted by Gasteiger charge is 2.24. The van der Waals surface area contributed by atoms with Crippen molar-refractivity contribution in [1.29, 1.82) is 0 Å². The van der Waals surface area contributed by atoms with E-state index in [1.54, 1.807) is 18.2 Å². The number of benzene rings is 2. The monoisotopic (exact) mass is 492 g/mol. The Kier molecular flexibility index (Phi) is 8.84. The van der Waals surface area contributed by atoms with Gasteiger partial charge in [-0.3, -0.25) is 4.79 Å². The van der Waals surface area contributed by atoms with E-state index >= 15 is 0 Å². The lowest BCUT2D eigenvalue weighted by molar-refractivity contribution is -0.115. The zero-order chi connectivity index (χ0) is 23.1. The molecule has 0 aliphatic rings. The quantitative estimate of drug-likeness (QED) is 0.321. The molecule has 3 aromatic rings. The minimum Gasteiger partial charge on any atom is -0.484 e. The number of hydrogen-bond acceptors (Lipinski definition) is 5. The van der Waals surface area contributed by atoms with Crippen LogP contribution in [0.15, 0.2) is 53.7 Å². The average molecular weight is 493 g/mol. The van der Waals surface area contributed by atoms with Crippen LogP contribution in [0.2, 0.25) is 10.0 Å². The minimum atomic E-state index is -0.402. The zero-order valence-corrected chi connectivity index (χ0v) is 20.5. The van der Waals surface area contributed by atoms with E-state index in [9.17, 15) is 4.79 Å². The normalized spacial score (nSPS) is 12.1. The summed E-state index contributed by atoms with van der Waals surface area (Å²) in [5.74, 6) is 1.13. The number of ether oxygens (including phenoxy) is 1. The van der Waals surface area contributed by atoms with E-state index < -0.39 is 5.25 Å². The number of hydrogen-bond donors (Lipinski definition) is 1. The van der Waals surface area contributed by atoms with E-state index in [0.29, 0.717) is 32.5 Å². The number of aromatic nitrogens is 3. The van der Waals surface area contributed by atoms with E-state index in [2.05, 4.69) is 33.9 Å². The van der Waals surface area contributed by atoms with Gasteiger partial charge in [0.25, 0.3) is 0 Å². The van der Waals surface area contributed by atoms with Crippen molar-refractivity contribution in [2.24, 2.45) is 0 Å². The van der Waals surface area contributed by atoms with Crippen molar-refractivity contribution in [3.8, 4) is 5.75 Å². The summed E-state index contributed by atoms with van der Waals surface area (Å²) in [6.45, 7) is 6.31. The lowest BCUT2D eigenvalue weighted by Gasteiger charge is -2.20. The van der Waals surface area contributed by atoms with Crippen molar-refractivity contribution < 1.29 is 9.53 Å². The molecule has 170 valence electrons. The first-order valence-electron chi connectivity index (χ1n) is 10.5. The van der Waals surface area contributed by atoms with Crippen LogP contribution in [0.4, 0.5) is 5.69 Å². The number of anilines is 1. The third-order valence-electron chi connectivity index (χ3n) is 5.02. The molecule has 0 saturated carbocycles. The van der Waals surface area contributed by atoms with Crippen molar-refractivity contribution in [1.82, 2.24) is 14.8 Å². The van der Waals surface area contributed by atoms with Gasteiger partial charge in [0, 0.05) is 6.04 Å². The topological polar surface area (TPSA) is 69.0 Å². The van der Waals surface area contributed by atoms with Gasteiger partial charge in [-0.15, -0.1) is 10.2 Å². The zero-order valence-electron chi connectivity index (χ0n) is 18.2. The highest BCUT2D eigenvalue weighted by molar-refractivity contribution is 8.00. The molecule has 0 spiro atoms. The lowest BCUT2D eigenvalue weighted by Crippen LogP contribution is -2.23. The van der Waals surface area contributed by atoms with E-state index in [4.69, 9.17) is 27.9 Å². The summed E-state index contributed by atoms with van der Waals surface area (Å²) >= 11 is 13.7. The summed E-state index contributed by atoms with van der Waals surface area (Å²) in [5.41, 5.74) is 0.585. The Morgan fingerprint density at radius 3 is 2.38 bits per heavy atom. The Labute approximate surface area is 202 Å². The molecule has 0 saturated heterocycles. The van der Waals surface area contributed by atoms with E-state index in [0.717, 1.165) is 12.8 Å². The molecular formula is C23H26Cl2N4O2S. The second-order valence-corrected chi connectivity index (χ2v) is 9.31. The molecular weight excluding hydrogens is 467 g/mol. The van der Waals surface area contributed by atoms with Gasteiger partial charge in [-0.05, 0) is 44.0 Å². The van der Waals surface area contributed by atoms with Gasteiger partial charge in [0.1, 0.15) is 12.4 Å². The molecule has 0 aliphatic heterocycles. The third-order valence-corrected chi connectivity index (χ3v) is 6.72. The number of thioether (sulfide) groups is 1. The maximum Gasteiger partial charge on any atom is 0.237 e. The van der Waals surface area contributed by atoms with Crippen LogP contribution in [0.5, 0.6) is 5.75 Å². The fourth-order valence-electron chi connectivity index (χ4n) is 3.22. The van der Waals surface area contributed by atoms with Crippen molar-refractivity contribution in [3.05, 3.63) is 64.4 Å². The molecule has 1 atom stereocenters. The van der Waals surface area contributed by atoms with Gasteiger partial charge in [-0.1, -0.05) is 73.1 Å². The lowest BCUT2D eigenvalue weighted by atomic mass is 10.2. The Hall–Kier alpha value is -2.22. The summed E-state index contributed by atoms with van der Waals surface area (Å²) in [5, 5.41) is 12.9. The Morgan fingerprint density at radius 2 is 1.72 bits per heavy atom. The fourth-order valence-corrected chi connectivity index (χ4v) is 4.53. The molecule has 1 heterocycles. The summed E-state index contributed by atoms with van der Waals surface area (Å²) in [6, 6.07) is 14.7. The number of nitrogens with one attached hydrogen (secondary N) is 1. The molecule has 0 aliphatic carbocycles. The smallest absolute Gasteiger partial charge is 0.237 e. The van der Waals surface area contributed by atoms with E-state index in [1.807, 2.05) is 37.3 Å². The average Bonchev–Trinajstić information content (AvgIpc) is 3.18. The molecule has 9 heteroatoms. The van der Waals surface area contributed by atoms with Gasteiger partial charge in [-0.2, -0.15) is 0 Å². The van der Waals surface area contributed by atoms with E-state index in [-0.39, 0.29) is 18.6 Å². The van der Waals surface area contributed by atoms with Crippen LogP contribution in [0.3, 0.4) is 0 Å². The van der Waals surface area contributed by atoms with Crippen LogP contribution in [-0.4, -0.2) is 25.9 Å². The number of carbonyl (C=O) groups excluding carboxylic acids is 1. The summed E-state index contributed by atoms with van der Waals surface area (Å²) in [6.07, 6.45) is 1.81. The third kappa shape index (κ3) is 5.97. The molecule has 32 heavy (non-hydrogen) atoms. The van der Waals surface area contributed by atoms with Gasteiger partial charge >= 0.3 is 0 Å². The molecule has 0 bridgehead atoms. The van der Waals surface area contributed by atoms with Gasteiger partial charge in [-0.25, -0.2) is 0 Å². The molecule has 1 N–H and O–H groups in total. The second kappa shape index (κ2) is 11.6. The molecule has 0 fully saturated rings. The Bertz CT molecular complexity index is 1060. The van der Waals surface area contributed by atoms with Gasteiger partial charge in [0.15, 0.2) is 11.0 Å². The number of para-hydroxylation sites is 2. The second-order valence-electron chi connectivity index (χ2n) is 7.19. The van der Waals surface area contributed by atoms with Gasteiger partial charge < -0.3 is 14.6 Å². The van der Waals surface area contributed by atoms with Crippen LogP contribution >= 0.6 is 35.0 Å². The Balaban J connectivity index is 1.77. The number of halogens is 2. The van der Waals surface area contributed by atoms with Crippen molar-refractivity contribution in [3.63, 3.8) is 0 Å². The maximum absolute atomic E-state index is 12.8. The number of rotatable bonds is 10. The minimum absolute atomic E-state index is 0.156. The molecule has 6 nitrogen and oxygen atoms in total. The van der Waals surface area contributed by atoms with Gasteiger partial charge in [0.05, 0.1) is 21.0 Å². The van der Waals surface area contributed by atoms with E-state index in [1.165, 1.54) is 11.8 Å². The molecule has 1 amide bonds. The van der Waals surface area contributed by atoms with Crippen molar-refractivity contribution in [2.75, 3.05) is 5.32 Å². The largest absolute Gasteiger partial charge is 0.484 e. The molecule has 0 radical (unpaired) electrons. The Morgan fingerprint density at radius 1 is 1.06 bits per heavy atom. The highest BCUT2D eigenvalue weighted by Crippen LogP contribution is 2.31. The molecule has 2 aromatic carbocycles. The summed E-state index contributed by atoms with van der Waals surface area (Å²) < 4.78 is 7.97. The number of nitrogens with zero attached hydrogens (tertiary/aromatic N) is 3. The standard InChI is InChI=1S/C23H26Cl2N4O2S/c1-4-16(5-2)29-21(14-31-20-13-9-7-11-18(20)25)27-28-23(29)32-15(3)22(30)26-19-12-8-6-10-17(19)24/h6-13,15-16H,4-5,14H2,1-3H3,(H,26,30).